The third kappa shape index (κ3) is 2.63. The monoisotopic (exact) mass is 384 g/mol. The lowest BCUT2D eigenvalue weighted by atomic mass is 9.97. The highest BCUT2D eigenvalue weighted by Crippen LogP contribution is 2.30. The first-order valence-electron chi connectivity index (χ1n) is 9.04. The van der Waals surface area contributed by atoms with Crippen LogP contribution in [0, 0.1) is 11.6 Å². The summed E-state index contributed by atoms with van der Waals surface area (Å²) in [5, 5.41) is 9.14. The van der Waals surface area contributed by atoms with Crippen LogP contribution in [-0.2, 0) is 7.05 Å². The van der Waals surface area contributed by atoms with Gasteiger partial charge in [-0.25, -0.2) is 18.7 Å². The first-order valence-corrected chi connectivity index (χ1v) is 9.04. The van der Waals surface area contributed by atoms with E-state index in [0.717, 1.165) is 43.8 Å². The van der Waals surface area contributed by atoms with E-state index in [0.29, 0.717) is 16.9 Å². The van der Waals surface area contributed by atoms with E-state index in [1.165, 1.54) is 4.52 Å². The molecule has 0 amide bonds. The molecule has 1 saturated heterocycles. The second-order valence-corrected chi connectivity index (χ2v) is 7.12. The van der Waals surface area contributed by atoms with Crippen molar-refractivity contribution in [3.05, 3.63) is 42.0 Å². The Bertz CT molecular complexity index is 1200. The standard InChI is InChI=1S/C18H18F2N8/c1-26-9-11(7-22-26)27-4-2-3-10(8-27)16-24-17-12-5-13(19)14(20)6-15(12)23-18(21)28(17)25-16/h5-7,9-10H,2-4,8H2,1H3,(H2,21,23)/t10-/m0/s1. The molecule has 0 unspecified atom stereocenters. The molecule has 10 heteroatoms. The SMILES string of the molecule is Cn1cc(N2CCC[C@H](c3nc4c5cc(F)c(F)cc5nc(N)n4n3)C2)cn1. The average Bonchev–Trinajstić information content (AvgIpc) is 3.31. The fraction of sp³-hybridized carbons (Fsp3) is 0.333. The number of hydrogen-bond acceptors (Lipinski definition) is 6. The maximum absolute atomic E-state index is 13.8. The molecule has 2 N–H and O–H groups in total. The molecule has 0 bridgehead atoms. The lowest BCUT2D eigenvalue weighted by molar-refractivity contribution is 0.491. The molecule has 0 aliphatic carbocycles. The number of fused-ring (bicyclic) bond motifs is 3. The van der Waals surface area contributed by atoms with Crippen LogP contribution in [0.4, 0.5) is 20.4 Å². The van der Waals surface area contributed by atoms with E-state index in [2.05, 4.69) is 25.1 Å². The Morgan fingerprint density at radius 1 is 1.18 bits per heavy atom. The van der Waals surface area contributed by atoms with E-state index in [4.69, 9.17) is 5.73 Å². The number of nitrogens with zero attached hydrogens (tertiary/aromatic N) is 7. The summed E-state index contributed by atoms with van der Waals surface area (Å²) >= 11 is 0. The van der Waals surface area contributed by atoms with Gasteiger partial charge in [-0.2, -0.15) is 9.61 Å². The highest BCUT2D eigenvalue weighted by molar-refractivity contribution is 5.92. The molecule has 5 rings (SSSR count). The van der Waals surface area contributed by atoms with Crippen LogP contribution in [-0.4, -0.2) is 42.5 Å². The van der Waals surface area contributed by atoms with E-state index in [9.17, 15) is 8.78 Å². The van der Waals surface area contributed by atoms with Crippen LogP contribution in [0.3, 0.4) is 0 Å². The molecule has 144 valence electrons. The topological polar surface area (TPSA) is 90.2 Å². The number of rotatable bonds is 2. The zero-order valence-corrected chi connectivity index (χ0v) is 15.2. The first-order chi connectivity index (χ1) is 13.5. The van der Waals surface area contributed by atoms with E-state index in [-0.39, 0.29) is 17.4 Å². The summed E-state index contributed by atoms with van der Waals surface area (Å²) in [4.78, 5) is 11.0. The van der Waals surface area contributed by atoms with E-state index >= 15 is 0 Å². The van der Waals surface area contributed by atoms with Crippen molar-refractivity contribution in [1.82, 2.24) is 29.4 Å². The van der Waals surface area contributed by atoms with Crippen molar-refractivity contribution < 1.29 is 8.78 Å². The Balaban J connectivity index is 1.56. The molecule has 0 saturated carbocycles. The van der Waals surface area contributed by atoms with Crippen molar-refractivity contribution >= 4 is 28.2 Å². The number of aryl methyl sites for hydroxylation is 1. The summed E-state index contributed by atoms with van der Waals surface area (Å²) in [5.74, 6) is -1.12. The van der Waals surface area contributed by atoms with Crippen LogP contribution in [0.25, 0.3) is 16.6 Å². The zero-order valence-electron chi connectivity index (χ0n) is 15.2. The minimum absolute atomic E-state index is 0.0900. The van der Waals surface area contributed by atoms with Crippen LogP contribution in [0.1, 0.15) is 24.6 Å². The predicted molar refractivity (Wildman–Crippen MR) is 100 cm³/mol. The highest BCUT2D eigenvalue weighted by Gasteiger charge is 2.26. The number of aromatic nitrogens is 6. The van der Waals surface area contributed by atoms with Gasteiger partial charge in [-0.3, -0.25) is 4.68 Å². The summed E-state index contributed by atoms with van der Waals surface area (Å²) in [6, 6.07) is 2.12. The Hall–Kier alpha value is -3.30. The lowest BCUT2D eigenvalue weighted by Crippen LogP contribution is -2.34. The molecule has 1 atom stereocenters. The third-order valence-corrected chi connectivity index (χ3v) is 5.20. The van der Waals surface area contributed by atoms with Crippen molar-refractivity contribution in [3.63, 3.8) is 0 Å². The van der Waals surface area contributed by atoms with Gasteiger partial charge in [-0.1, -0.05) is 0 Å². The van der Waals surface area contributed by atoms with Crippen LogP contribution in [0.2, 0.25) is 0 Å². The fourth-order valence-corrected chi connectivity index (χ4v) is 3.81. The molecule has 0 radical (unpaired) electrons. The number of halogens is 2. The Morgan fingerprint density at radius 3 is 2.79 bits per heavy atom. The van der Waals surface area contributed by atoms with Gasteiger partial charge in [0.25, 0.3) is 0 Å². The molecular formula is C18H18F2N8. The Kier molecular flexibility index (Phi) is 3.68. The quantitative estimate of drug-likeness (QED) is 0.570. The van der Waals surface area contributed by atoms with Gasteiger partial charge in [0.2, 0.25) is 5.95 Å². The molecular weight excluding hydrogens is 366 g/mol. The first kappa shape index (κ1) is 16.8. The summed E-state index contributed by atoms with van der Waals surface area (Å²) < 4.78 is 30.5. The van der Waals surface area contributed by atoms with Gasteiger partial charge in [0.05, 0.1) is 17.4 Å². The third-order valence-electron chi connectivity index (χ3n) is 5.20. The van der Waals surface area contributed by atoms with E-state index < -0.39 is 11.6 Å². The second-order valence-electron chi connectivity index (χ2n) is 7.12. The van der Waals surface area contributed by atoms with Crippen molar-refractivity contribution in [2.45, 2.75) is 18.8 Å². The summed E-state index contributed by atoms with van der Waals surface area (Å²) in [7, 11) is 1.89. The number of nitrogens with two attached hydrogens (primary N) is 1. The molecule has 8 nitrogen and oxygen atoms in total. The van der Waals surface area contributed by atoms with E-state index in [1.54, 1.807) is 4.68 Å². The van der Waals surface area contributed by atoms with Crippen LogP contribution >= 0.6 is 0 Å². The maximum Gasteiger partial charge on any atom is 0.223 e. The van der Waals surface area contributed by atoms with Gasteiger partial charge < -0.3 is 10.6 Å². The zero-order chi connectivity index (χ0) is 19.4. The molecule has 1 aliphatic rings. The van der Waals surface area contributed by atoms with Crippen LogP contribution in [0.5, 0.6) is 0 Å². The molecule has 3 aromatic heterocycles. The van der Waals surface area contributed by atoms with Gasteiger partial charge in [-0.15, -0.1) is 5.10 Å². The van der Waals surface area contributed by atoms with Gasteiger partial charge in [-0.05, 0) is 18.9 Å². The summed E-state index contributed by atoms with van der Waals surface area (Å²) in [6.45, 7) is 1.68. The molecule has 28 heavy (non-hydrogen) atoms. The van der Waals surface area contributed by atoms with Crippen molar-refractivity contribution in [1.29, 1.82) is 0 Å². The van der Waals surface area contributed by atoms with Gasteiger partial charge >= 0.3 is 0 Å². The molecule has 4 aromatic rings. The van der Waals surface area contributed by atoms with Crippen LogP contribution in [0.15, 0.2) is 24.5 Å². The minimum atomic E-state index is -0.970. The molecule has 1 fully saturated rings. The largest absolute Gasteiger partial charge is 0.368 e. The van der Waals surface area contributed by atoms with E-state index in [1.807, 2.05) is 19.4 Å². The minimum Gasteiger partial charge on any atom is -0.368 e. The fourth-order valence-electron chi connectivity index (χ4n) is 3.81. The maximum atomic E-state index is 13.8. The Morgan fingerprint density at radius 2 is 2.00 bits per heavy atom. The smallest absolute Gasteiger partial charge is 0.223 e. The predicted octanol–water partition coefficient (Wildman–Crippen LogP) is 2.26. The highest BCUT2D eigenvalue weighted by atomic mass is 19.2. The lowest BCUT2D eigenvalue weighted by Gasteiger charge is -2.32. The van der Waals surface area contributed by atoms with Crippen molar-refractivity contribution in [2.75, 3.05) is 23.7 Å². The van der Waals surface area contributed by atoms with Crippen LogP contribution < -0.4 is 10.6 Å². The molecule has 0 spiro atoms. The number of benzene rings is 1. The van der Waals surface area contributed by atoms with Crippen molar-refractivity contribution in [2.24, 2.45) is 7.05 Å². The second kappa shape index (κ2) is 6.11. The molecule has 1 aromatic carbocycles. The average molecular weight is 384 g/mol. The van der Waals surface area contributed by atoms with Gasteiger partial charge in [0.1, 0.15) is 0 Å². The summed E-state index contributed by atoms with van der Waals surface area (Å²) in [5.41, 5.74) is 7.68. The normalized spacial score (nSPS) is 17.7. The number of anilines is 2. The van der Waals surface area contributed by atoms with Gasteiger partial charge in [0.15, 0.2) is 23.1 Å². The number of nitrogen functional groups attached to an aromatic ring is 1. The van der Waals surface area contributed by atoms with Crippen molar-refractivity contribution in [3.8, 4) is 0 Å². The molecule has 4 heterocycles. The number of hydrogen-bond donors (Lipinski definition) is 1. The Labute approximate surface area is 158 Å². The number of piperidine rings is 1. The summed E-state index contributed by atoms with van der Waals surface area (Å²) in [6.07, 6.45) is 5.74. The van der Waals surface area contributed by atoms with Gasteiger partial charge in [0, 0.05) is 43.7 Å². The molecule has 1 aliphatic heterocycles.